The Balaban J connectivity index is 2.06. The van der Waals surface area contributed by atoms with E-state index in [0.29, 0.717) is 12.2 Å². The summed E-state index contributed by atoms with van der Waals surface area (Å²) in [5, 5.41) is 0. The lowest BCUT2D eigenvalue weighted by molar-refractivity contribution is 0.0933. The standard InChI is InChI=1S/C24H20N2O2/c1-18(27)26-23(21-15-9-4-10-16-21)22(20-13-7-3-8-14-20)25(24(26)28)17-19-11-5-2-6-12-19/h2-16H,17H2,1H3. The molecule has 0 unspecified atom stereocenters. The van der Waals surface area contributed by atoms with Gasteiger partial charge < -0.3 is 0 Å². The number of hydrogen-bond acceptors (Lipinski definition) is 2. The van der Waals surface area contributed by atoms with E-state index in [9.17, 15) is 9.59 Å². The van der Waals surface area contributed by atoms with Gasteiger partial charge in [0.25, 0.3) is 0 Å². The first kappa shape index (κ1) is 17.7. The summed E-state index contributed by atoms with van der Waals surface area (Å²) >= 11 is 0. The van der Waals surface area contributed by atoms with Gasteiger partial charge in [-0.15, -0.1) is 0 Å². The van der Waals surface area contributed by atoms with Gasteiger partial charge in [-0.05, 0) is 5.56 Å². The maximum atomic E-state index is 13.3. The number of hydrogen-bond donors (Lipinski definition) is 0. The fourth-order valence-corrected chi connectivity index (χ4v) is 3.50. The third kappa shape index (κ3) is 3.21. The van der Waals surface area contributed by atoms with Gasteiger partial charge in [0.2, 0.25) is 5.91 Å². The molecule has 4 rings (SSSR count). The van der Waals surface area contributed by atoms with Gasteiger partial charge in [0, 0.05) is 18.1 Å². The zero-order chi connectivity index (χ0) is 19.5. The zero-order valence-electron chi connectivity index (χ0n) is 15.6. The van der Waals surface area contributed by atoms with E-state index >= 15 is 0 Å². The third-order valence-corrected chi connectivity index (χ3v) is 4.73. The number of carbonyl (C=O) groups excluding carboxylic acids is 1. The van der Waals surface area contributed by atoms with Crippen LogP contribution in [0.15, 0.2) is 95.8 Å². The Morgan fingerprint density at radius 2 is 1.18 bits per heavy atom. The normalized spacial score (nSPS) is 10.8. The molecular weight excluding hydrogens is 348 g/mol. The van der Waals surface area contributed by atoms with Crippen molar-refractivity contribution in [2.24, 2.45) is 0 Å². The van der Waals surface area contributed by atoms with Crippen LogP contribution in [0.25, 0.3) is 22.5 Å². The molecule has 0 spiro atoms. The van der Waals surface area contributed by atoms with E-state index in [2.05, 4.69) is 0 Å². The van der Waals surface area contributed by atoms with Gasteiger partial charge in [-0.1, -0.05) is 91.0 Å². The molecule has 0 bridgehead atoms. The number of nitrogens with zero attached hydrogens (tertiary/aromatic N) is 2. The highest BCUT2D eigenvalue weighted by Gasteiger charge is 2.24. The average Bonchev–Trinajstić information content (AvgIpc) is 3.02. The largest absolute Gasteiger partial charge is 0.336 e. The first-order valence-electron chi connectivity index (χ1n) is 9.18. The molecular formula is C24H20N2O2. The van der Waals surface area contributed by atoms with Gasteiger partial charge >= 0.3 is 5.69 Å². The molecule has 0 aliphatic rings. The molecule has 0 saturated heterocycles. The number of carbonyl (C=O) groups is 1. The van der Waals surface area contributed by atoms with Crippen LogP contribution in [-0.4, -0.2) is 15.0 Å². The van der Waals surface area contributed by atoms with Crippen LogP contribution >= 0.6 is 0 Å². The van der Waals surface area contributed by atoms with Gasteiger partial charge in [-0.2, -0.15) is 0 Å². The molecule has 0 aliphatic carbocycles. The fourth-order valence-electron chi connectivity index (χ4n) is 3.50. The molecule has 1 aromatic heterocycles. The van der Waals surface area contributed by atoms with Gasteiger partial charge in [-0.25, -0.2) is 9.36 Å². The minimum atomic E-state index is -0.325. The van der Waals surface area contributed by atoms with Gasteiger partial charge in [0.15, 0.2) is 0 Å². The smallest absolute Gasteiger partial charge is 0.286 e. The molecule has 28 heavy (non-hydrogen) atoms. The molecule has 0 radical (unpaired) electrons. The number of rotatable bonds is 4. The molecule has 138 valence electrons. The molecule has 1 heterocycles. The van der Waals surface area contributed by atoms with Crippen LogP contribution in [0.1, 0.15) is 17.3 Å². The highest BCUT2D eigenvalue weighted by molar-refractivity contribution is 5.88. The van der Waals surface area contributed by atoms with Crippen molar-refractivity contribution in [1.82, 2.24) is 9.13 Å². The first-order chi connectivity index (χ1) is 13.7. The van der Waals surface area contributed by atoms with Crippen LogP contribution in [0.5, 0.6) is 0 Å². The molecule has 4 heteroatoms. The van der Waals surface area contributed by atoms with E-state index in [4.69, 9.17) is 0 Å². The Kier molecular flexibility index (Phi) is 4.77. The summed E-state index contributed by atoms with van der Waals surface area (Å²) in [4.78, 5) is 25.8. The second kappa shape index (κ2) is 7.53. The Labute approximate surface area is 163 Å². The molecule has 0 saturated carbocycles. The first-order valence-corrected chi connectivity index (χ1v) is 9.18. The molecule has 0 atom stereocenters. The summed E-state index contributed by atoms with van der Waals surface area (Å²) in [5.74, 6) is -0.298. The van der Waals surface area contributed by atoms with Crippen LogP contribution in [0.2, 0.25) is 0 Å². The number of benzene rings is 3. The second-order valence-corrected chi connectivity index (χ2v) is 6.64. The van der Waals surface area contributed by atoms with Crippen molar-refractivity contribution in [2.45, 2.75) is 13.5 Å². The lowest BCUT2D eigenvalue weighted by Gasteiger charge is -2.11. The Bertz CT molecular complexity index is 1160. The van der Waals surface area contributed by atoms with E-state index in [1.54, 1.807) is 4.57 Å². The monoisotopic (exact) mass is 368 g/mol. The van der Waals surface area contributed by atoms with Gasteiger partial charge in [0.1, 0.15) is 0 Å². The third-order valence-electron chi connectivity index (χ3n) is 4.73. The molecule has 0 aliphatic heterocycles. The summed E-state index contributed by atoms with van der Waals surface area (Å²) in [6, 6.07) is 29.1. The molecule has 0 amide bonds. The molecule has 0 fully saturated rings. The van der Waals surface area contributed by atoms with Crippen LogP contribution in [0.3, 0.4) is 0 Å². The van der Waals surface area contributed by atoms with E-state index in [1.165, 1.54) is 11.5 Å². The quantitative estimate of drug-likeness (QED) is 0.524. The minimum absolute atomic E-state index is 0.298. The van der Waals surface area contributed by atoms with Crippen LogP contribution in [-0.2, 0) is 6.54 Å². The predicted octanol–water partition coefficient (Wildman–Crippen LogP) is 4.69. The van der Waals surface area contributed by atoms with Crippen LogP contribution in [0.4, 0.5) is 0 Å². The molecule has 4 nitrogen and oxygen atoms in total. The minimum Gasteiger partial charge on any atom is -0.286 e. The van der Waals surface area contributed by atoms with E-state index in [0.717, 1.165) is 22.4 Å². The lowest BCUT2D eigenvalue weighted by atomic mass is 10.0. The maximum Gasteiger partial charge on any atom is 0.336 e. The predicted molar refractivity (Wildman–Crippen MR) is 111 cm³/mol. The average molecular weight is 368 g/mol. The molecule has 0 N–H and O–H groups in total. The summed E-state index contributed by atoms with van der Waals surface area (Å²) in [6.45, 7) is 1.82. The van der Waals surface area contributed by atoms with E-state index in [1.807, 2.05) is 91.0 Å². The Hall–Kier alpha value is -3.66. The Morgan fingerprint density at radius 3 is 1.68 bits per heavy atom. The number of aromatic nitrogens is 2. The molecule has 3 aromatic carbocycles. The van der Waals surface area contributed by atoms with E-state index < -0.39 is 0 Å². The van der Waals surface area contributed by atoms with E-state index in [-0.39, 0.29) is 11.6 Å². The fraction of sp³-hybridized carbons (Fsp3) is 0.0833. The topological polar surface area (TPSA) is 44.0 Å². The van der Waals surface area contributed by atoms with Crippen molar-refractivity contribution < 1.29 is 4.79 Å². The van der Waals surface area contributed by atoms with Crippen molar-refractivity contribution in [3.05, 3.63) is 107 Å². The van der Waals surface area contributed by atoms with Crippen LogP contribution < -0.4 is 5.69 Å². The summed E-state index contributed by atoms with van der Waals surface area (Å²) in [5.41, 5.74) is 3.78. The summed E-state index contributed by atoms with van der Waals surface area (Å²) in [6.07, 6.45) is 0. The zero-order valence-corrected chi connectivity index (χ0v) is 15.6. The lowest BCUT2D eigenvalue weighted by Crippen LogP contribution is -2.28. The summed E-state index contributed by atoms with van der Waals surface area (Å²) in [7, 11) is 0. The molecule has 4 aromatic rings. The highest BCUT2D eigenvalue weighted by Crippen LogP contribution is 2.32. The highest BCUT2D eigenvalue weighted by atomic mass is 16.2. The number of imidazole rings is 1. The summed E-state index contributed by atoms with van der Waals surface area (Å²) < 4.78 is 2.97. The van der Waals surface area contributed by atoms with Crippen molar-refractivity contribution in [1.29, 1.82) is 0 Å². The van der Waals surface area contributed by atoms with Crippen molar-refractivity contribution in [3.8, 4) is 22.5 Å². The van der Waals surface area contributed by atoms with Crippen molar-refractivity contribution in [2.75, 3.05) is 0 Å². The van der Waals surface area contributed by atoms with Crippen molar-refractivity contribution >= 4 is 5.91 Å². The SMILES string of the molecule is CC(=O)n1c(-c2ccccc2)c(-c2ccccc2)n(Cc2ccccc2)c1=O. The Morgan fingerprint density at radius 1 is 0.714 bits per heavy atom. The van der Waals surface area contributed by atoms with Gasteiger partial charge in [0.05, 0.1) is 17.9 Å². The van der Waals surface area contributed by atoms with Crippen LogP contribution in [0, 0.1) is 0 Å². The second-order valence-electron chi connectivity index (χ2n) is 6.64. The maximum absolute atomic E-state index is 13.3. The van der Waals surface area contributed by atoms with Crippen molar-refractivity contribution in [3.63, 3.8) is 0 Å². The van der Waals surface area contributed by atoms with Gasteiger partial charge in [-0.3, -0.25) is 9.36 Å².